The molecule has 0 spiro atoms. The van der Waals surface area contributed by atoms with E-state index >= 15 is 0 Å². The van der Waals surface area contributed by atoms with Crippen LogP contribution in [0.25, 0.3) is 0 Å². The van der Waals surface area contributed by atoms with Gasteiger partial charge in [0.25, 0.3) is 0 Å². The molecule has 0 N–H and O–H groups in total. The number of nitrogens with zero attached hydrogens (tertiary/aromatic N) is 1. The molecule has 0 saturated carbocycles. The number of likely N-dealkylation sites (tertiary alicyclic amines) is 1. The van der Waals surface area contributed by atoms with Crippen LogP contribution in [-0.2, 0) is 30.2 Å². The van der Waals surface area contributed by atoms with Gasteiger partial charge in [-0.05, 0) is 0 Å². The van der Waals surface area contributed by atoms with Gasteiger partial charge in [0.15, 0.2) is 0 Å². The topological polar surface area (TPSA) is 49.4 Å². The molecule has 0 radical (unpaired) electrons. The number of hydrogen-bond donors (Lipinski definition) is 0. The zero-order valence-corrected chi connectivity index (χ0v) is 24.6. The summed E-state index contributed by atoms with van der Waals surface area (Å²) in [5.41, 5.74) is 3.47. The molecule has 6 nitrogen and oxygen atoms in total. The van der Waals surface area contributed by atoms with E-state index in [9.17, 15) is 0 Å². The van der Waals surface area contributed by atoms with Crippen LogP contribution in [0.5, 0.6) is 0 Å². The van der Waals surface area contributed by atoms with E-state index in [-0.39, 0.29) is 24.3 Å². The Bertz CT molecular complexity index is 1200. The minimum absolute atomic E-state index is 0.0897. The fourth-order valence-electron chi connectivity index (χ4n) is 6.57. The molecule has 0 aromatic heterocycles. The molecule has 3 aromatic rings. The molecule has 3 aromatic carbocycles. The molecule has 7 heteroatoms. The predicted molar refractivity (Wildman–Crippen MR) is 153 cm³/mol. The quantitative estimate of drug-likeness (QED) is 0.361. The molecule has 4 heterocycles. The molecular formula is C33H37NO5Se. The average Bonchev–Trinajstić information content (AvgIpc) is 3.60. The molecule has 4 aliphatic heterocycles. The van der Waals surface area contributed by atoms with Crippen LogP contribution in [0.2, 0.25) is 4.82 Å². The van der Waals surface area contributed by atoms with E-state index in [0.29, 0.717) is 39.1 Å². The molecule has 7 rings (SSSR count). The molecule has 0 bridgehead atoms. The maximum atomic E-state index is 6.73. The maximum absolute atomic E-state index is 6.73. The van der Waals surface area contributed by atoms with Gasteiger partial charge in [-0.1, -0.05) is 0 Å². The minimum atomic E-state index is -0.395. The summed E-state index contributed by atoms with van der Waals surface area (Å²) in [6, 6.07) is 29.6. The monoisotopic (exact) mass is 607 g/mol. The molecule has 2 unspecified atom stereocenters. The summed E-state index contributed by atoms with van der Waals surface area (Å²) < 4.78 is 33.7. The van der Waals surface area contributed by atoms with E-state index in [4.69, 9.17) is 23.7 Å². The first-order chi connectivity index (χ1) is 19.8. The average molecular weight is 607 g/mol. The van der Waals surface area contributed by atoms with Crippen molar-refractivity contribution >= 4 is 19.4 Å². The molecule has 0 amide bonds. The zero-order valence-electron chi connectivity index (χ0n) is 22.8. The van der Waals surface area contributed by atoms with E-state index in [1.165, 1.54) is 10.0 Å². The van der Waals surface area contributed by atoms with Crippen molar-refractivity contribution in [2.24, 2.45) is 0 Å². The summed E-state index contributed by atoms with van der Waals surface area (Å²) in [6.07, 6.45) is 1.63. The first-order valence-electron chi connectivity index (χ1n) is 14.5. The number of ether oxygens (including phenoxy) is 5. The summed E-state index contributed by atoms with van der Waals surface area (Å²) in [5.74, 6) is 0. The van der Waals surface area contributed by atoms with Gasteiger partial charge in [-0.25, -0.2) is 0 Å². The molecular weight excluding hydrogens is 569 g/mol. The van der Waals surface area contributed by atoms with Crippen molar-refractivity contribution in [3.8, 4) is 0 Å². The normalized spacial score (nSPS) is 33.9. The Morgan fingerprint density at radius 1 is 0.725 bits per heavy atom. The third-order valence-corrected chi connectivity index (χ3v) is 11.8. The van der Waals surface area contributed by atoms with E-state index in [2.05, 4.69) is 60.4 Å². The van der Waals surface area contributed by atoms with Gasteiger partial charge in [-0.3, -0.25) is 0 Å². The molecule has 210 valence electrons. The summed E-state index contributed by atoms with van der Waals surface area (Å²) in [7, 11) is 0. The number of rotatable bonds is 7. The van der Waals surface area contributed by atoms with Crippen LogP contribution in [0, 0.1) is 0 Å². The van der Waals surface area contributed by atoms with Gasteiger partial charge in [0.1, 0.15) is 0 Å². The van der Waals surface area contributed by atoms with Crippen LogP contribution >= 0.6 is 0 Å². The second-order valence-corrected chi connectivity index (χ2v) is 13.7. The number of hydrogen-bond acceptors (Lipinski definition) is 6. The molecule has 40 heavy (non-hydrogen) atoms. The molecule has 4 fully saturated rings. The van der Waals surface area contributed by atoms with Gasteiger partial charge < -0.3 is 0 Å². The van der Waals surface area contributed by atoms with Gasteiger partial charge in [0.2, 0.25) is 0 Å². The van der Waals surface area contributed by atoms with Crippen LogP contribution < -0.4 is 4.46 Å². The fraction of sp³-hybridized carbons (Fsp3) is 0.455. The van der Waals surface area contributed by atoms with Crippen molar-refractivity contribution in [1.29, 1.82) is 0 Å². The molecule has 4 saturated heterocycles. The summed E-state index contributed by atoms with van der Waals surface area (Å²) in [6.45, 7) is 5.15. The summed E-state index contributed by atoms with van der Waals surface area (Å²) in [4.78, 5) is 3.17. The molecule has 0 aliphatic carbocycles. The van der Waals surface area contributed by atoms with Gasteiger partial charge in [0.05, 0.1) is 0 Å². The van der Waals surface area contributed by atoms with E-state index in [1.807, 2.05) is 36.4 Å². The Kier molecular flexibility index (Phi) is 8.07. The second-order valence-electron chi connectivity index (χ2n) is 11.0. The van der Waals surface area contributed by atoms with E-state index in [0.717, 1.165) is 37.1 Å². The predicted octanol–water partition coefficient (Wildman–Crippen LogP) is 4.78. The van der Waals surface area contributed by atoms with Gasteiger partial charge in [-0.15, -0.1) is 0 Å². The van der Waals surface area contributed by atoms with Crippen LogP contribution in [0.4, 0.5) is 0 Å². The first kappa shape index (κ1) is 26.8. The summed E-state index contributed by atoms with van der Waals surface area (Å²) in [5, 5.41) is 0. The first-order valence-corrected chi connectivity index (χ1v) is 16.4. The Hall–Kier alpha value is -2.06. The molecule has 4 aliphatic rings. The Balaban J connectivity index is 1.15. The van der Waals surface area contributed by atoms with E-state index < -0.39 is 12.6 Å². The number of fused-ring (bicyclic) bond motifs is 3. The van der Waals surface area contributed by atoms with Gasteiger partial charge in [-0.2, -0.15) is 0 Å². The van der Waals surface area contributed by atoms with Gasteiger partial charge >= 0.3 is 244 Å². The molecule has 8 atom stereocenters. The van der Waals surface area contributed by atoms with Crippen molar-refractivity contribution in [1.82, 2.24) is 4.90 Å². The van der Waals surface area contributed by atoms with Crippen molar-refractivity contribution in [3.05, 3.63) is 102 Å². The third kappa shape index (κ3) is 5.31. The Morgan fingerprint density at radius 3 is 1.90 bits per heavy atom. The van der Waals surface area contributed by atoms with Crippen LogP contribution in [0.15, 0.2) is 84.9 Å². The summed E-state index contributed by atoms with van der Waals surface area (Å²) >= 11 is 0.363. The van der Waals surface area contributed by atoms with Gasteiger partial charge in [0, 0.05) is 0 Å². The fourth-order valence-corrected chi connectivity index (χ4v) is 9.52. The second kappa shape index (κ2) is 12.0. The zero-order chi connectivity index (χ0) is 26.9. The van der Waals surface area contributed by atoms with Crippen LogP contribution in [0.3, 0.4) is 0 Å². The van der Waals surface area contributed by atoms with Crippen molar-refractivity contribution in [2.45, 2.75) is 74.1 Å². The Morgan fingerprint density at radius 2 is 1.30 bits per heavy atom. The van der Waals surface area contributed by atoms with Crippen molar-refractivity contribution < 1.29 is 23.7 Å². The van der Waals surface area contributed by atoms with E-state index in [1.54, 1.807) is 0 Å². The third-order valence-electron chi connectivity index (χ3n) is 8.63. The van der Waals surface area contributed by atoms with Crippen LogP contribution in [0.1, 0.15) is 49.0 Å². The van der Waals surface area contributed by atoms with Crippen molar-refractivity contribution in [2.75, 3.05) is 19.8 Å². The van der Waals surface area contributed by atoms with Crippen molar-refractivity contribution in [3.63, 3.8) is 0 Å². The Labute approximate surface area is 243 Å². The number of benzene rings is 3. The standard InChI is InChI=1S/C33H37NO5Se/c1-2-27-29(17-18-35-27)40-28-16-10-9-15-24(28)19-34-25-20-36-32(22-11-5-3-6-12-22)38-30(25)31-26(34)21-37-33(39-31)23-13-7-4-8-14-23/h3-16,25-27,29-33H,2,17-21H2,1H3/t25-,26-,27-,29+,30+,31+,32?,33?/m0/s1. The SMILES string of the molecule is CC[C@@H]1OCC[C@H]1[Se]c1ccccc1CN1[C@H]2COC(c3ccccc3)O[C@H]2[C@@H]2OC(c3ccccc3)OC[C@@H]21. The van der Waals surface area contributed by atoms with Crippen LogP contribution in [-0.4, -0.2) is 70.1 Å².